The highest BCUT2D eigenvalue weighted by molar-refractivity contribution is 5.69. The molecule has 0 heterocycles. The van der Waals surface area contributed by atoms with E-state index in [1.807, 2.05) is 4.90 Å². The van der Waals surface area contributed by atoms with Crippen LogP contribution >= 0.6 is 0 Å². The van der Waals surface area contributed by atoms with Crippen molar-refractivity contribution >= 4 is 5.97 Å². The van der Waals surface area contributed by atoms with Crippen LogP contribution in [0.4, 0.5) is 0 Å². The third kappa shape index (κ3) is 5.19. The zero-order valence-electron chi connectivity index (χ0n) is 8.86. The van der Waals surface area contributed by atoms with Gasteiger partial charge in [-0.25, -0.2) is 0 Å². The molecule has 1 aliphatic rings. The van der Waals surface area contributed by atoms with Gasteiger partial charge in [-0.3, -0.25) is 9.69 Å². The number of rotatable bonds is 6. The largest absolute Gasteiger partial charge is 0.480 e. The number of aliphatic carboxylic acids is 1. The summed E-state index contributed by atoms with van der Waals surface area (Å²) in [6.07, 6.45) is 2.39. The number of hydrogen-bond acceptors (Lipinski definition) is 3. The molecule has 1 rings (SSSR count). The minimum atomic E-state index is -0.824. The zero-order valence-corrected chi connectivity index (χ0v) is 8.86. The average Bonchev–Trinajstić information content (AvgIpc) is 2.64. The third-order valence-electron chi connectivity index (χ3n) is 2.18. The van der Waals surface area contributed by atoms with Gasteiger partial charge in [-0.05, 0) is 32.6 Å². The van der Waals surface area contributed by atoms with E-state index in [4.69, 9.17) is 5.11 Å². The Bertz CT molecular complexity index is 206. The van der Waals surface area contributed by atoms with E-state index in [0.29, 0.717) is 12.5 Å². The summed E-state index contributed by atoms with van der Waals surface area (Å²) in [4.78, 5) is 12.4. The second-order valence-corrected chi connectivity index (χ2v) is 4.82. The van der Waals surface area contributed by atoms with Crippen molar-refractivity contribution in [2.24, 2.45) is 5.92 Å². The molecule has 0 bridgehead atoms. The normalized spacial score (nSPS) is 17.4. The predicted octanol–water partition coefficient (Wildman–Crippen LogP) is 0.554. The molecule has 0 aromatic rings. The Labute approximate surface area is 84.5 Å². The highest BCUT2D eigenvalue weighted by Crippen LogP contribution is 2.29. The molecule has 0 amide bonds. The van der Waals surface area contributed by atoms with Gasteiger partial charge >= 0.3 is 5.97 Å². The van der Waals surface area contributed by atoms with Crippen LogP contribution in [0.5, 0.6) is 0 Å². The lowest BCUT2D eigenvalue weighted by molar-refractivity contribution is -0.139. The second kappa shape index (κ2) is 4.28. The number of carboxylic acids is 1. The van der Waals surface area contributed by atoms with Crippen molar-refractivity contribution in [2.75, 3.05) is 19.6 Å². The van der Waals surface area contributed by atoms with E-state index in [-0.39, 0.29) is 6.54 Å². The molecule has 2 N–H and O–H groups in total. The van der Waals surface area contributed by atoms with E-state index in [1.54, 1.807) is 13.8 Å². The van der Waals surface area contributed by atoms with E-state index >= 15 is 0 Å². The summed E-state index contributed by atoms with van der Waals surface area (Å²) in [6, 6.07) is 0. The second-order valence-electron chi connectivity index (χ2n) is 4.82. The van der Waals surface area contributed by atoms with E-state index in [1.165, 1.54) is 12.8 Å². The van der Waals surface area contributed by atoms with Crippen LogP contribution in [0.1, 0.15) is 26.7 Å². The first-order valence-corrected chi connectivity index (χ1v) is 5.03. The van der Waals surface area contributed by atoms with Gasteiger partial charge < -0.3 is 10.2 Å². The van der Waals surface area contributed by atoms with Crippen molar-refractivity contribution in [3.63, 3.8) is 0 Å². The molecular formula is C10H19NO3. The fourth-order valence-corrected chi connectivity index (χ4v) is 1.59. The molecule has 0 aromatic heterocycles. The maximum atomic E-state index is 10.6. The highest BCUT2D eigenvalue weighted by Gasteiger charge is 2.27. The molecule has 0 aromatic carbocycles. The van der Waals surface area contributed by atoms with Gasteiger partial charge in [0.2, 0.25) is 0 Å². The van der Waals surface area contributed by atoms with Gasteiger partial charge in [0.05, 0.1) is 12.1 Å². The summed E-state index contributed by atoms with van der Waals surface area (Å²) in [7, 11) is 0. The number of carboxylic acid groups (broad SMARTS) is 1. The monoisotopic (exact) mass is 201 g/mol. The van der Waals surface area contributed by atoms with Gasteiger partial charge in [-0.2, -0.15) is 0 Å². The summed E-state index contributed by atoms with van der Waals surface area (Å²) in [5, 5.41) is 18.3. The molecule has 4 nitrogen and oxygen atoms in total. The van der Waals surface area contributed by atoms with E-state index in [2.05, 4.69) is 0 Å². The Hall–Kier alpha value is -0.610. The van der Waals surface area contributed by atoms with Crippen LogP contribution < -0.4 is 0 Å². The van der Waals surface area contributed by atoms with Crippen LogP contribution in [0.15, 0.2) is 0 Å². The van der Waals surface area contributed by atoms with Crippen molar-refractivity contribution in [3.8, 4) is 0 Å². The number of carbonyl (C=O) groups is 1. The van der Waals surface area contributed by atoms with Crippen molar-refractivity contribution in [1.29, 1.82) is 0 Å². The van der Waals surface area contributed by atoms with Gasteiger partial charge in [0, 0.05) is 13.1 Å². The maximum absolute atomic E-state index is 10.6. The molecule has 0 unspecified atom stereocenters. The fraction of sp³-hybridized carbons (Fsp3) is 0.900. The first-order chi connectivity index (χ1) is 6.37. The van der Waals surface area contributed by atoms with Crippen LogP contribution in [0.3, 0.4) is 0 Å². The topological polar surface area (TPSA) is 60.8 Å². The lowest BCUT2D eigenvalue weighted by Crippen LogP contribution is -2.42. The molecule has 0 saturated heterocycles. The van der Waals surface area contributed by atoms with Crippen molar-refractivity contribution in [2.45, 2.75) is 32.3 Å². The van der Waals surface area contributed by atoms with Gasteiger partial charge in [0.15, 0.2) is 0 Å². The number of aliphatic hydroxyl groups is 1. The summed E-state index contributed by atoms with van der Waals surface area (Å²) in [5.41, 5.74) is -0.815. The molecule has 82 valence electrons. The van der Waals surface area contributed by atoms with Crippen molar-refractivity contribution < 1.29 is 15.0 Å². The molecule has 14 heavy (non-hydrogen) atoms. The van der Waals surface area contributed by atoms with Crippen LogP contribution in [0.2, 0.25) is 0 Å². The highest BCUT2D eigenvalue weighted by atomic mass is 16.4. The minimum absolute atomic E-state index is 0.0283. The predicted molar refractivity (Wildman–Crippen MR) is 53.1 cm³/mol. The molecule has 0 spiro atoms. The Morgan fingerprint density at radius 3 is 2.43 bits per heavy atom. The third-order valence-corrected chi connectivity index (χ3v) is 2.18. The van der Waals surface area contributed by atoms with Gasteiger partial charge in [0.1, 0.15) is 0 Å². The Balaban J connectivity index is 2.38. The summed E-state index contributed by atoms with van der Waals surface area (Å²) < 4.78 is 0. The van der Waals surface area contributed by atoms with Crippen LogP contribution in [0, 0.1) is 5.92 Å². The smallest absolute Gasteiger partial charge is 0.317 e. The minimum Gasteiger partial charge on any atom is -0.480 e. The fourth-order valence-electron chi connectivity index (χ4n) is 1.59. The standard InChI is InChI=1S/C10H19NO3/c1-10(2,14)7-11(6-9(12)13)5-8-3-4-8/h8,14H,3-7H2,1-2H3,(H,12,13). The quantitative estimate of drug-likeness (QED) is 0.659. The van der Waals surface area contributed by atoms with Crippen LogP contribution in [-0.2, 0) is 4.79 Å². The van der Waals surface area contributed by atoms with Gasteiger partial charge in [0.25, 0.3) is 0 Å². The lowest BCUT2D eigenvalue weighted by Gasteiger charge is -2.27. The molecule has 0 radical (unpaired) electrons. The van der Waals surface area contributed by atoms with E-state index in [0.717, 1.165) is 6.54 Å². The maximum Gasteiger partial charge on any atom is 0.317 e. The molecular weight excluding hydrogens is 182 g/mol. The lowest BCUT2D eigenvalue weighted by atomic mass is 10.1. The van der Waals surface area contributed by atoms with Crippen molar-refractivity contribution in [1.82, 2.24) is 4.90 Å². The summed E-state index contributed by atoms with van der Waals surface area (Å²) >= 11 is 0. The molecule has 1 fully saturated rings. The molecule has 1 saturated carbocycles. The van der Waals surface area contributed by atoms with Crippen LogP contribution in [-0.4, -0.2) is 46.3 Å². The Morgan fingerprint density at radius 2 is 2.07 bits per heavy atom. The molecule has 4 heteroatoms. The Kier molecular flexibility index (Phi) is 3.50. The summed E-state index contributed by atoms with van der Waals surface area (Å²) in [5.74, 6) is -0.174. The average molecular weight is 201 g/mol. The van der Waals surface area contributed by atoms with E-state index < -0.39 is 11.6 Å². The SMILES string of the molecule is CC(C)(O)CN(CC(=O)O)CC1CC1. The van der Waals surface area contributed by atoms with E-state index in [9.17, 15) is 9.90 Å². The molecule has 0 aliphatic heterocycles. The van der Waals surface area contributed by atoms with Crippen LogP contribution in [0.25, 0.3) is 0 Å². The number of nitrogens with zero attached hydrogens (tertiary/aromatic N) is 1. The van der Waals surface area contributed by atoms with Crippen molar-refractivity contribution in [3.05, 3.63) is 0 Å². The van der Waals surface area contributed by atoms with Gasteiger partial charge in [-0.1, -0.05) is 0 Å². The molecule has 0 atom stereocenters. The molecule has 1 aliphatic carbocycles. The first-order valence-electron chi connectivity index (χ1n) is 5.03. The number of hydrogen-bond donors (Lipinski definition) is 2. The Morgan fingerprint density at radius 1 is 1.50 bits per heavy atom. The van der Waals surface area contributed by atoms with Gasteiger partial charge in [-0.15, -0.1) is 0 Å². The zero-order chi connectivity index (χ0) is 10.8. The summed E-state index contributed by atoms with van der Waals surface area (Å²) in [6.45, 7) is 4.66. The first kappa shape index (κ1) is 11.5.